The Hall–Kier alpha value is -3.38. The van der Waals surface area contributed by atoms with Crippen LogP contribution in [0.4, 0.5) is 5.69 Å². The minimum atomic E-state index is -0.142. The lowest BCUT2D eigenvalue weighted by Crippen LogP contribution is -2.37. The van der Waals surface area contributed by atoms with Crippen molar-refractivity contribution in [2.75, 3.05) is 25.6 Å². The third kappa shape index (κ3) is 4.28. The van der Waals surface area contributed by atoms with E-state index >= 15 is 0 Å². The van der Waals surface area contributed by atoms with Gasteiger partial charge < -0.3 is 19.4 Å². The number of fused-ring (bicyclic) bond motifs is 1. The molecule has 2 amide bonds. The number of hydrogen-bond donors (Lipinski definition) is 1. The maximum absolute atomic E-state index is 12.4. The Bertz CT molecular complexity index is 1050. The van der Waals surface area contributed by atoms with Crippen LogP contribution < -0.4 is 5.32 Å². The zero-order valence-electron chi connectivity index (χ0n) is 17.1. The highest BCUT2D eigenvalue weighted by atomic mass is 16.5. The van der Waals surface area contributed by atoms with Crippen molar-refractivity contribution >= 4 is 17.5 Å². The third-order valence-electron chi connectivity index (χ3n) is 5.23. The first-order chi connectivity index (χ1) is 14.5. The molecule has 0 fully saturated rings. The largest absolute Gasteiger partial charge is 0.461 e. The Kier molecular flexibility index (Phi) is 5.68. The molecule has 0 radical (unpaired) electrons. The molecule has 0 saturated carbocycles. The van der Waals surface area contributed by atoms with Crippen LogP contribution in [0.1, 0.15) is 27.2 Å². The van der Waals surface area contributed by atoms with Gasteiger partial charge in [-0.05, 0) is 49.4 Å². The lowest BCUT2D eigenvalue weighted by atomic mass is 10.1. The van der Waals surface area contributed by atoms with Gasteiger partial charge in [-0.2, -0.15) is 0 Å². The molecule has 1 aliphatic heterocycles. The van der Waals surface area contributed by atoms with Crippen LogP contribution in [0.15, 0.2) is 59.0 Å². The molecule has 0 atom stereocenters. The number of nitrogens with one attached hydrogen (secondary N) is 1. The number of hydrogen-bond acceptors (Lipinski definition) is 4. The van der Waals surface area contributed by atoms with Gasteiger partial charge in [-0.1, -0.05) is 17.7 Å². The summed E-state index contributed by atoms with van der Waals surface area (Å²) >= 11 is 0. The summed E-state index contributed by atoms with van der Waals surface area (Å²) in [7, 11) is 1.52. The van der Waals surface area contributed by atoms with Crippen LogP contribution in [0.2, 0.25) is 0 Å². The summed E-state index contributed by atoms with van der Waals surface area (Å²) < 4.78 is 11.0. The number of nitrogens with zero attached hydrogens (tertiary/aromatic N) is 1. The molecule has 1 aliphatic rings. The van der Waals surface area contributed by atoms with E-state index < -0.39 is 0 Å². The number of ether oxygens (including phenoxy) is 1. The van der Waals surface area contributed by atoms with E-state index in [1.54, 1.807) is 4.90 Å². The van der Waals surface area contributed by atoms with Crippen LogP contribution in [0, 0.1) is 6.92 Å². The zero-order valence-corrected chi connectivity index (χ0v) is 17.1. The number of carbonyl (C=O) groups is 2. The molecule has 6 heteroatoms. The quantitative estimate of drug-likeness (QED) is 0.697. The van der Waals surface area contributed by atoms with E-state index in [1.165, 1.54) is 7.11 Å². The van der Waals surface area contributed by atoms with Crippen molar-refractivity contribution in [3.05, 3.63) is 77.0 Å². The summed E-state index contributed by atoms with van der Waals surface area (Å²) in [6, 6.07) is 17.0. The Morgan fingerprint density at radius 3 is 2.53 bits per heavy atom. The number of amides is 2. The summed E-state index contributed by atoms with van der Waals surface area (Å²) in [6.45, 7) is 3.25. The fourth-order valence-electron chi connectivity index (χ4n) is 3.53. The van der Waals surface area contributed by atoms with E-state index in [1.807, 2.05) is 61.5 Å². The van der Waals surface area contributed by atoms with Crippen LogP contribution in [0.5, 0.6) is 0 Å². The predicted molar refractivity (Wildman–Crippen MR) is 114 cm³/mol. The number of furan rings is 1. The Labute approximate surface area is 175 Å². The molecule has 3 aromatic rings. The molecule has 6 nitrogen and oxygen atoms in total. The topological polar surface area (TPSA) is 71.8 Å². The molecule has 2 heterocycles. The molecular weight excluding hydrogens is 380 g/mol. The summed E-state index contributed by atoms with van der Waals surface area (Å²) in [5.41, 5.74) is 4.40. The van der Waals surface area contributed by atoms with Crippen LogP contribution in [-0.2, 0) is 22.5 Å². The molecule has 2 aromatic carbocycles. The Morgan fingerprint density at radius 2 is 1.83 bits per heavy atom. The first-order valence-electron chi connectivity index (χ1n) is 9.90. The maximum atomic E-state index is 12.4. The molecule has 0 saturated heterocycles. The van der Waals surface area contributed by atoms with Gasteiger partial charge in [0.25, 0.3) is 5.91 Å². The summed E-state index contributed by atoms with van der Waals surface area (Å²) in [6.07, 6.45) is 0.690. The first-order valence-corrected chi connectivity index (χ1v) is 9.90. The summed E-state index contributed by atoms with van der Waals surface area (Å²) in [4.78, 5) is 26.2. The Balaban J connectivity index is 1.44. The van der Waals surface area contributed by atoms with E-state index in [4.69, 9.17) is 9.15 Å². The lowest BCUT2D eigenvalue weighted by Gasteiger charge is -2.25. The van der Waals surface area contributed by atoms with Crippen molar-refractivity contribution in [3.8, 4) is 11.3 Å². The minimum Gasteiger partial charge on any atom is -0.461 e. The second kappa shape index (κ2) is 8.55. The van der Waals surface area contributed by atoms with Crippen molar-refractivity contribution in [1.82, 2.24) is 4.90 Å². The van der Waals surface area contributed by atoms with Gasteiger partial charge in [-0.15, -0.1) is 0 Å². The van der Waals surface area contributed by atoms with Crippen LogP contribution in [-0.4, -0.2) is 37.0 Å². The highest BCUT2D eigenvalue weighted by Crippen LogP contribution is 2.30. The van der Waals surface area contributed by atoms with Crippen molar-refractivity contribution < 1.29 is 18.7 Å². The van der Waals surface area contributed by atoms with E-state index in [9.17, 15) is 9.59 Å². The van der Waals surface area contributed by atoms with Gasteiger partial charge in [0.2, 0.25) is 5.91 Å². The fourth-order valence-corrected chi connectivity index (χ4v) is 3.53. The standard InChI is InChI=1S/C24H24N2O4/c1-16-3-5-18(6-4-16)24(28)25-20-9-7-17(8-10-20)22-13-19-14-26(23(27)15-29-2)12-11-21(19)30-22/h3-10,13H,11-12,14-15H2,1-2H3,(H,25,28). The number of methoxy groups -OCH3 is 1. The van der Waals surface area contributed by atoms with Gasteiger partial charge in [-0.3, -0.25) is 9.59 Å². The molecule has 4 rings (SSSR count). The minimum absolute atomic E-state index is 0.0143. The molecule has 1 aromatic heterocycles. The molecule has 0 unspecified atom stereocenters. The Morgan fingerprint density at radius 1 is 1.10 bits per heavy atom. The van der Waals surface area contributed by atoms with E-state index in [0.29, 0.717) is 25.1 Å². The lowest BCUT2D eigenvalue weighted by molar-refractivity contribution is -0.136. The second-order valence-electron chi connectivity index (χ2n) is 7.45. The highest BCUT2D eigenvalue weighted by molar-refractivity contribution is 6.04. The number of anilines is 1. The fraction of sp³-hybridized carbons (Fsp3) is 0.250. The second-order valence-corrected chi connectivity index (χ2v) is 7.45. The predicted octanol–water partition coefficient (Wildman–Crippen LogP) is 4.04. The molecule has 1 N–H and O–H groups in total. The molecule has 30 heavy (non-hydrogen) atoms. The summed E-state index contributed by atoms with van der Waals surface area (Å²) in [5, 5.41) is 2.91. The van der Waals surface area contributed by atoms with E-state index in [0.717, 1.165) is 33.9 Å². The molecule has 0 bridgehead atoms. The van der Waals surface area contributed by atoms with Gasteiger partial charge in [-0.25, -0.2) is 0 Å². The van der Waals surface area contributed by atoms with Crippen molar-refractivity contribution in [2.45, 2.75) is 19.9 Å². The average Bonchev–Trinajstić information content (AvgIpc) is 3.18. The zero-order chi connectivity index (χ0) is 21.1. The van der Waals surface area contributed by atoms with Crippen LogP contribution in [0.25, 0.3) is 11.3 Å². The molecule has 154 valence electrons. The smallest absolute Gasteiger partial charge is 0.255 e. The number of carbonyl (C=O) groups excluding carboxylic acids is 2. The van der Waals surface area contributed by atoms with Gasteiger partial charge in [0.1, 0.15) is 18.1 Å². The van der Waals surface area contributed by atoms with Crippen LogP contribution >= 0.6 is 0 Å². The van der Waals surface area contributed by atoms with E-state index in [-0.39, 0.29) is 18.4 Å². The SMILES string of the molecule is COCC(=O)N1CCc2oc(-c3ccc(NC(=O)c4ccc(C)cc4)cc3)cc2C1. The number of benzene rings is 2. The normalized spacial score (nSPS) is 13.1. The molecular formula is C24H24N2O4. The van der Waals surface area contributed by atoms with Gasteiger partial charge in [0.15, 0.2) is 0 Å². The number of rotatable bonds is 5. The van der Waals surface area contributed by atoms with Gasteiger partial charge >= 0.3 is 0 Å². The molecule has 0 spiro atoms. The maximum Gasteiger partial charge on any atom is 0.255 e. The van der Waals surface area contributed by atoms with Crippen LogP contribution in [0.3, 0.4) is 0 Å². The monoisotopic (exact) mass is 404 g/mol. The number of aryl methyl sites for hydroxylation is 1. The van der Waals surface area contributed by atoms with Crippen molar-refractivity contribution in [1.29, 1.82) is 0 Å². The average molecular weight is 404 g/mol. The van der Waals surface area contributed by atoms with Gasteiger partial charge in [0, 0.05) is 49.0 Å². The third-order valence-corrected chi connectivity index (χ3v) is 5.23. The highest BCUT2D eigenvalue weighted by Gasteiger charge is 2.24. The van der Waals surface area contributed by atoms with Crippen molar-refractivity contribution in [2.24, 2.45) is 0 Å². The first kappa shape index (κ1) is 19.9. The van der Waals surface area contributed by atoms with Gasteiger partial charge in [0.05, 0.1) is 0 Å². The summed E-state index contributed by atoms with van der Waals surface area (Å²) in [5.74, 6) is 1.53. The van der Waals surface area contributed by atoms with E-state index in [2.05, 4.69) is 5.32 Å². The molecule has 0 aliphatic carbocycles. The van der Waals surface area contributed by atoms with Crippen molar-refractivity contribution in [3.63, 3.8) is 0 Å².